The summed E-state index contributed by atoms with van der Waals surface area (Å²) in [5, 5.41) is 0.427. The highest BCUT2D eigenvalue weighted by molar-refractivity contribution is 7.89. The molecule has 0 amide bonds. The number of nitrogens with zero attached hydrogens (tertiary/aromatic N) is 1. The first-order valence-corrected chi connectivity index (χ1v) is 9.18. The molecule has 0 spiro atoms. The number of benzene rings is 1. The van der Waals surface area contributed by atoms with E-state index in [0.29, 0.717) is 25.6 Å². The Labute approximate surface area is 136 Å². The van der Waals surface area contributed by atoms with Crippen LogP contribution >= 0.6 is 23.2 Å². The third-order valence-corrected chi connectivity index (χ3v) is 6.22. The molecule has 0 unspecified atom stereocenters. The van der Waals surface area contributed by atoms with Gasteiger partial charge in [0.05, 0.1) is 11.6 Å². The van der Waals surface area contributed by atoms with Crippen molar-refractivity contribution in [3.63, 3.8) is 0 Å². The van der Waals surface area contributed by atoms with Gasteiger partial charge in [-0.05, 0) is 37.8 Å². The van der Waals surface area contributed by atoms with Gasteiger partial charge in [0.25, 0.3) is 0 Å². The van der Waals surface area contributed by atoms with E-state index in [1.807, 2.05) is 0 Å². The van der Waals surface area contributed by atoms with Crippen molar-refractivity contribution in [2.75, 3.05) is 19.7 Å². The highest BCUT2D eigenvalue weighted by Crippen LogP contribution is 2.39. The van der Waals surface area contributed by atoms with Gasteiger partial charge in [-0.2, -0.15) is 4.31 Å². The molecule has 0 saturated carbocycles. The molecule has 0 N–H and O–H groups in total. The summed E-state index contributed by atoms with van der Waals surface area (Å²) >= 11 is 12.1. The molecule has 1 fully saturated rings. The van der Waals surface area contributed by atoms with E-state index in [1.54, 1.807) is 6.92 Å². The van der Waals surface area contributed by atoms with Crippen molar-refractivity contribution in [1.82, 2.24) is 4.31 Å². The fourth-order valence-corrected chi connectivity index (χ4v) is 4.66. The van der Waals surface area contributed by atoms with Crippen molar-refractivity contribution in [2.24, 2.45) is 5.92 Å². The first-order valence-electron chi connectivity index (χ1n) is 6.98. The van der Waals surface area contributed by atoms with Gasteiger partial charge < -0.3 is 4.74 Å². The highest BCUT2D eigenvalue weighted by atomic mass is 35.5. The van der Waals surface area contributed by atoms with Crippen LogP contribution in [0.4, 0.5) is 0 Å². The van der Waals surface area contributed by atoms with Gasteiger partial charge in [-0.1, -0.05) is 30.1 Å². The fraction of sp³-hybridized carbons (Fsp3) is 0.571. The largest absolute Gasteiger partial charge is 0.491 e. The topological polar surface area (TPSA) is 46.6 Å². The minimum atomic E-state index is -3.62. The van der Waals surface area contributed by atoms with E-state index >= 15 is 0 Å². The van der Waals surface area contributed by atoms with Crippen molar-refractivity contribution in [3.05, 3.63) is 22.2 Å². The second kappa shape index (κ2) is 6.73. The normalized spacial score (nSPS) is 20.5. The Morgan fingerprint density at radius 2 is 2.10 bits per heavy atom. The zero-order valence-electron chi connectivity index (χ0n) is 12.1. The van der Waals surface area contributed by atoms with Gasteiger partial charge >= 0.3 is 0 Å². The SMILES string of the molecule is CCOc1c(S(=O)(=O)N2CCC[C@H](C)C2)ccc(Cl)c1Cl. The van der Waals surface area contributed by atoms with Crippen LogP contribution in [-0.2, 0) is 10.0 Å². The lowest BCUT2D eigenvalue weighted by Crippen LogP contribution is -2.39. The second-order valence-corrected chi connectivity index (χ2v) is 7.92. The maximum atomic E-state index is 12.8. The lowest BCUT2D eigenvalue weighted by Gasteiger charge is -2.30. The van der Waals surface area contributed by atoms with E-state index in [-0.39, 0.29) is 20.7 Å². The van der Waals surface area contributed by atoms with Gasteiger partial charge in [-0.25, -0.2) is 8.42 Å². The monoisotopic (exact) mass is 351 g/mol. The van der Waals surface area contributed by atoms with Crippen molar-refractivity contribution in [1.29, 1.82) is 0 Å². The molecule has 0 radical (unpaired) electrons. The summed E-state index contributed by atoms with van der Waals surface area (Å²) in [6, 6.07) is 2.96. The van der Waals surface area contributed by atoms with E-state index in [0.717, 1.165) is 12.8 Å². The predicted octanol–water partition coefficient (Wildman–Crippen LogP) is 3.81. The summed E-state index contributed by atoms with van der Waals surface area (Å²) in [5.74, 6) is 0.497. The van der Waals surface area contributed by atoms with Crippen LogP contribution in [0, 0.1) is 5.92 Å². The molecule has 1 atom stereocenters. The summed E-state index contributed by atoms with van der Waals surface area (Å²) in [6.45, 7) is 5.20. The number of ether oxygens (including phenoxy) is 1. The zero-order chi connectivity index (χ0) is 15.6. The average molecular weight is 352 g/mol. The zero-order valence-corrected chi connectivity index (χ0v) is 14.4. The van der Waals surface area contributed by atoms with Crippen LogP contribution in [0.3, 0.4) is 0 Å². The Morgan fingerprint density at radius 3 is 2.71 bits per heavy atom. The Hall–Kier alpha value is -0.490. The first-order chi connectivity index (χ1) is 9.87. The molecule has 2 rings (SSSR count). The molecule has 4 nitrogen and oxygen atoms in total. The first kappa shape index (κ1) is 16.9. The van der Waals surface area contributed by atoms with Crippen LogP contribution in [0.2, 0.25) is 10.0 Å². The predicted molar refractivity (Wildman–Crippen MR) is 84.8 cm³/mol. The molecule has 1 aromatic rings. The quantitative estimate of drug-likeness (QED) is 0.828. The summed E-state index contributed by atoms with van der Waals surface area (Å²) < 4.78 is 32.6. The Bertz CT molecular complexity index is 619. The minimum Gasteiger partial charge on any atom is -0.491 e. The number of hydrogen-bond donors (Lipinski definition) is 0. The summed E-state index contributed by atoms with van der Waals surface area (Å²) in [4.78, 5) is 0.0906. The number of halogens is 2. The lowest BCUT2D eigenvalue weighted by atomic mass is 10.0. The third kappa shape index (κ3) is 3.47. The Morgan fingerprint density at radius 1 is 1.38 bits per heavy atom. The molecule has 1 saturated heterocycles. The summed E-state index contributed by atoms with van der Waals surface area (Å²) in [6.07, 6.45) is 1.91. The third-order valence-electron chi connectivity index (χ3n) is 3.54. The van der Waals surface area contributed by atoms with Crippen molar-refractivity contribution >= 4 is 33.2 Å². The number of hydrogen-bond acceptors (Lipinski definition) is 3. The molecule has 0 bridgehead atoms. The Balaban J connectivity index is 2.46. The maximum Gasteiger partial charge on any atom is 0.246 e. The van der Waals surface area contributed by atoms with Crippen LogP contribution in [0.5, 0.6) is 5.75 Å². The number of piperidine rings is 1. The fourth-order valence-electron chi connectivity index (χ4n) is 2.50. The van der Waals surface area contributed by atoms with Gasteiger partial charge in [0.2, 0.25) is 10.0 Å². The Kier molecular flexibility index (Phi) is 5.41. The molecule has 118 valence electrons. The van der Waals surface area contributed by atoms with Gasteiger partial charge in [0.1, 0.15) is 9.92 Å². The molecule has 21 heavy (non-hydrogen) atoms. The molecule has 1 heterocycles. The molecule has 0 aromatic heterocycles. The molecule has 0 aliphatic carbocycles. The van der Waals surface area contributed by atoms with Crippen LogP contribution in [-0.4, -0.2) is 32.4 Å². The molecule has 1 aliphatic rings. The molecule has 1 aromatic carbocycles. The average Bonchev–Trinajstić information content (AvgIpc) is 2.44. The van der Waals surface area contributed by atoms with Crippen molar-refractivity contribution in [3.8, 4) is 5.75 Å². The van der Waals surface area contributed by atoms with Gasteiger partial charge in [-0.15, -0.1) is 0 Å². The molecule has 1 aliphatic heterocycles. The summed E-state index contributed by atoms with van der Waals surface area (Å²) in [5.41, 5.74) is 0. The molecule has 7 heteroatoms. The van der Waals surface area contributed by atoms with E-state index in [4.69, 9.17) is 27.9 Å². The smallest absolute Gasteiger partial charge is 0.246 e. The summed E-state index contributed by atoms with van der Waals surface area (Å²) in [7, 11) is -3.62. The van der Waals surface area contributed by atoms with E-state index in [2.05, 4.69) is 6.92 Å². The second-order valence-electron chi connectivity index (χ2n) is 5.23. The van der Waals surface area contributed by atoms with Crippen molar-refractivity contribution in [2.45, 2.75) is 31.6 Å². The van der Waals surface area contributed by atoms with Crippen LogP contribution < -0.4 is 4.74 Å². The van der Waals surface area contributed by atoms with Gasteiger partial charge in [0.15, 0.2) is 5.75 Å². The minimum absolute atomic E-state index is 0.0906. The van der Waals surface area contributed by atoms with Crippen LogP contribution in [0.1, 0.15) is 26.7 Å². The van der Waals surface area contributed by atoms with Gasteiger partial charge in [-0.3, -0.25) is 0 Å². The van der Waals surface area contributed by atoms with Crippen molar-refractivity contribution < 1.29 is 13.2 Å². The maximum absolute atomic E-state index is 12.8. The standard InChI is InChI=1S/C14H19Cl2NO3S/c1-3-20-14-12(7-6-11(15)13(14)16)21(18,19)17-8-4-5-10(2)9-17/h6-7,10H,3-5,8-9H2,1-2H3/t10-/m0/s1. The van der Waals surface area contributed by atoms with E-state index in [9.17, 15) is 8.42 Å². The lowest BCUT2D eigenvalue weighted by molar-refractivity contribution is 0.278. The number of rotatable bonds is 4. The van der Waals surface area contributed by atoms with Crippen LogP contribution in [0.25, 0.3) is 0 Å². The van der Waals surface area contributed by atoms with Crippen LogP contribution in [0.15, 0.2) is 17.0 Å². The number of sulfonamides is 1. The van der Waals surface area contributed by atoms with Gasteiger partial charge in [0, 0.05) is 13.1 Å². The van der Waals surface area contributed by atoms with E-state index < -0.39 is 10.0 Å². The van der Waals surface area contributed by atoms with E-state index in [1.165, 1.54) is 16.4 Å². The molecular formula is C14H19Cl2NO3S. The highest BCUT2D eigenvalue weighted by Gasteiger charge is 2.32. The molecular weight excluding hydrogens is 333 g/mol.